The monoisotopic (exact) mass is 266 g/mol. The smallest absolute Gasteiger partial charge is 0.119 e. The van der Waals surface area contributed by atoms with Crippen molar-refractivity contribution in [1.82, 2.24) is 0 Å². The highest BCUT2D eigenvalue weighted by Crippen LogP contribution is 2.29. The quantitative estimate of drug-likeness (QED) is 0.695. The molecule has 0 bridgehead atoms. The van der Waals surface area contributed by atoms with Crippen molar-refractivity contribution in [2.24, 2.45) is 5.41 Å². The Hall–Kier alpha value is -0.690. The Bertz CT molecular complexity index is 373. The Balaban J connectivity index is 1.82. The fourth-order valence-corrected chi connectivity index (χ4v) is 1.95. The zero-order valence-corrected chi connectivity index (χ0v) is 12.3. The lowest BCUT2D eigenvalue weighted by Gasteiger charge is -2.25. The van der Waals surface area contributed by atoms with Gasteiger partial charge in [-0.15, -0.1) is 11.6 Å². The van der Waals surface area contributed by atoms with E-state index in [0.717, 1.165) is 18.6 Å². The molecule has 0 radical (unpaired) electrons. The normalized spacial score (nSPS) is 17.6. The molecular weight excluding hydrogens is 244 g/mol. The third kappa shape index (κ3) is 4.20. The molecule has 2 heteroatoms. The molecule has 1 aliphatic carbocycles. The molecule has 0 N–H and O–H groups in total. The molecule has 1 unspecified atom stereocenters. The Kier molecular flexibility index (Phi) is 4.21. The fraction of sp³-hybridized carbons (Fsp3) is 0.625. The molecule has 1 fully saturated rings. The summed E-state index contributed by atoms with van der Waals surface area (Å²) < 4.78 is 5.73. The molecule has 100 valence electrons. The lowest BCUT2D eigenvalue weighted by atomic mass is 9.88. The molecule has 1 atom stereocenters. The number of hydrogen-bond acceptors (Lipinski definition) is 1. The summed E-state index contributed by atoms with van der Waals surface area (Å²) in [7, 11) is 0. The van der Waals surface area contributed by atoms with Crippen molar-refractivity contribution >= 4 is 11.6 Å². The van der Waals surface area contributed by atoms with Crippen molar-refractivity contribution in [2.75, 3.05) is 0 Å². The van der Waals surface area contributed by atoms with E-state index in [1.54, 1.807) is 0 Å². The second-order valence-corrected chi connectivity index (χ2v) is 6.86. The Labute approximate surface area is 115 Å². The number of alkyl halides is 1. The number of halogens is 1. The van der Waals surface area contributed by atoms with Crippen LogP contribution in [-0.4, -0.2) is 11.5 Å². The van der Waals surface area contributed by atoms with Crippen molar-refractivity contribution in [3.05, 3.63) is 29.8 Å². The summed E-state index contributed by atoms with van der Waals surface area (Å²) >= 11 is 6.39. The van der Waals surface area contributed by atoms with Gasteiger partial charge in [-0.05, 0) is 48.8 Å². The van der Waals surface area contributed by atoms with Crippen molar-refractivity contribution in [3.63, 3.8) is 0 Å². The first-order valence-electron chi connectivity index (χ1n) is 6.85. The van der Waals surface area contributed by atoms with Crippen molar-refractivity contribution in [2.45, 2.75) is 57.9 Å². The topological polar surface area (TPSA) is 9.23 Å². The maximum Gasteiger partial charge on any atom is 0.119 e. The Morgan fingerprint density at radius 3 is 2.33 bits per heavy atom. The van der Waals surface area contributed by atoms with Gasteiger partial charge in [0.05, 0.1) is 6.10 Å². The molecule has 18 heavy (non-hydrogen) atoms. The van der Waals surface area contributed by atoms with Crippen molar-refractivity contribution in [3.8, 4) is 5.75 Å². The summed E-state index contributed by atoms with van der Waals surface area (Å²) in [6, 6.07) is 8.47. The molecule has 1 aromatic rings. The van der Waals surface area contributed by atoms with Gasteiger partial charge in [0.1, 0.15) is 5.75 Å². The standard InChI is InChI=1S/C16H23ClO/c1-16(2,3)15(17)11-6-12-4-7-13(8-5-12)18-14-9-10-14/h4-5,7-8,14-15H,6,9-11H2,1-3H3. The van der Waals surface area contributed by atoms with Crippen LogP contribution in [0.3, 0.4) is 0 Å². The second-order valence-electron chi connectivity index (χ2n) is 6.33. The fourth-order valence-electron chi connectivity index (χ4n) is 1.84. The highest BCUT2D eigenvalue weighted by Gasteiger charge is 2.23. The predicted octanol–water partition coefficient (Wildman–Crippen LogP) is 4.81. The van der Waals surface area contributed by atoms with Crippen LogP contribution in [0.4, 0.5) is 0 Å². The van der Waals surface area contributed by atoms with E-state index in [0.29, 0.717) is 6.10 Å². The lowest BCUT2D eigenvalue weighted by molar-refractivity contribution is 0.303. The first-order valence-corrected chi connectivity index (χ1v) is 7.28. The molecule has 1 nitrogen and oxygen atoms in total. The van der Waals surface area contributed by atoms with E-state index >= 15 is 0 Å². The molecule has 1 aliphatic rings. The predicted molar refractivity (Wildman–Crippen MR) is 77.5 cm³/mol. The van der Waals surface area contributed by atoms with E-state index in [1.165, 1.54) is 18.4 Å². The van der Waals surface area contributed by atoms with Gasteiger partial charge in [-0.3, -0.25) is 0 Å². The minimum absolute atomic E-state index is 0.177. The largest absolute Gasteiger partial charge is 0.490 e. The molecule has 1 aromatic carbocycles. The van der Waals surface area contributed by atoms with Gasteiger partial charge in [0.25, 0.3) is 0 Å². The number of hydrogen-bond donors (Lipinski definition) is 0. The van der Waals surface area contributed by atoms with Gasteiger partial charge in [-0.25, -0.2) is 0 Å². The highest BCUT2D eigenvalue weighted by atomic mass is 35.5. The third-order valence-electron chi connectivity index (χ3n) is 3.38. The molecule has 2 rings (SSSR count). The van der Waals surface area contributed by atoms with Crippen LogP contribution in [0.2, 0.25) is 0 Å². The van der Waals surface area contributed by atoms with Crippen LogP contribution in [0.5, 0.6) is 5.75 Å². The summed E-state index contributed by atoms with van der Waals surface area (Å²) in [5, 5.41) is 0.222. The zero-order valence-electron chi connectivity index (χ0n) is 11.6. The van der Waals surface area contributed by atoms with Crippen LogP contribution in [0.25, 0.3) is 0 Å². The summed E-state index contributed by atoms with van der Waals surface area (Å²) in [5.74, 6) is 1.000. The minimum Gasteiger partial charge on any atom is -0.490 e. The van der Waals surface area contributed by atoms with E-state index < -0.39 is 0 Å². The second kappa shape index (κ2) is 5.52. The van der Waals surface area contributed by atoms with Crippen LogP contribution >= 0.6 is 11.6 Å². The van der Waals surface area contributed by atoms with E-state index in [1.807, 2.05) is 0 Å². The van der Waals surface area contributed by atoms with Gasteiger partial charge in [0.15, 0.2) is 0 Å². The van der Waals surface area contributed by atoms with E-state index in [2.05, 4.69) is 45.0 Å². The van der Waals surface area contributed by atoms with E-state index in [-0.39, 0.29) is 10.8 Å². The van der Waals surface area contributed by atoms with Crippen molar-refractivity contribution in [1.29, 1.82) is 0 Å². The maximum absolute atomic E-state index is 6.39. The van der Waals surface area contributed by atoms with Gasteiger partial charge in [0, 0.05) is 5.38 Å². The summed E-state index contributed by atoms with van der Waals surface area (Å²) in [6.07, 6.45) is 4.95. The number of benzene rings is 1. The van der Waals surface area contributed by atoms with Gasteiger partial charge in [0.2, 0.25) is 0 Å². The van der Waals surface area contributed by atoms with E-state index in [9.17, 15) is 0 Å². The summed E-state index contributed by atoms with van der Waals surface area (Å²) in [4.78, 5) is 0. The van der Waals surface area contributed by atoms with Gasteiger partial charge in [-0.2, -0.15) is 0 Å². The van der Waals surface area contributed by atoms with Crippen LogP contribution in [0, 0.1) is 5.41 Å². The summed E-state index contributed by atoms with van der Waals surface area (Å²) in [5.41, 5.74) is 1.52. The molecule has 0 aliphatic heterocycles. The minimum atomic E-state index is 0.177. The lowest BCUT2D eigenvalue weighted by Crippen LogP contribution is -2.21. The molecule has 0 spiro atoms. The van der Waals surface area contributed by atoms with Crippen LogP contribution in [0.1, 0.15) is 45.6 Å². The highest BCUT2D eigenvalue weighted by molar-refractivity contribution is 6.21. The SMILES string of the molecule is CC(C)(C)C(Cl)CCc1ccc(OC2CC2)cc1. The molecular formula is C16H23ClO. The number of rotatable bonds is 5. The van der Waals surface area contributed by atoms with Gasteiger partial charge in [-0.1, -0.05) is 32.9 Å². The average Bonchev–Trinajstić information content (AvgIpc) is 3.10. The Morgan fingerprint density at radius 2 is 1.83 bits per heavy atom. The first kappa shape index (κ1) is 13.7. The number of ether oxygens (including phenoxy) is 1. The molecule has 0 saturated heterocycles. The van der Waals surface area contributed by atoms with Crippen LogP contribution in [0.15, 0.2) is 24.3 Å². The molecule has 1 saturated carbocycles. The maximum atomic E-state index is 6.39. The molecule has 0 heterocycles. The van der Waals surface area contributed by atoms with E-state index in [4.69, 9.17) is 16.3 Å². The third-order valence-corrected chi connectivity index (χ3v) is 4.25. The van der Waals surface area contributed by atoms with Gasteiger partial charge < -0.3 is 4.74 Å². The number of aryl methyl sites for hydroxylation is 1. The first-order chi connectivity index (χ1) is 8.45. The average molecular weight is 267 g/mol. The zero-order chi connectivity index (χ0) is 13.2. The molecule has 0 amide bonds. The van der Waals surface area contributed by atoms with Crippen LogP contribution < -0.4 is 4.74 Å². The van der Waals surface area contributed by atoms with Gasteiger partial charge >= 0.3 is 0 Å². The van der Waals surface area contributed by atoms with Crippen molar-refractivity contribution < 1.29 is 4.74 Å². The summed E-state index contributed by atoms with van der Waals surface area (Å²) in [6.45, 7) is 6.58. The van der Waals surface area contributed by atoms with Crippen LogP contribution in [-0.2, 0) is 6.42 Å². The Morgan fingerprint density at radius 1 is 1.22 bits per heavy atom. The molecule has 0 aromatic heterocycles.